The Hall–Kier alpha value is -2.62. The van der Waals surface area contributed by atoms with Crippen LogP contribution in [0.1, 0.15) is 5.69 Å². The molecule has 4 aromatic rings. The first-order valence-electron chi connectivity index (χ1n) is 8.87. The van der Waals surface area contributed by atoms with Gasteiger partial charge in [-0.25, -0.2) is 13.1 Å². The molecule has 0 aliphatic rings. The molecular formula is C21H14ClF3N2O2S2. The average Bonchev–Trinajstić information content (AvgIpc) is 3.35. The van der Waals surface area contributed by atoms with Crippen LogP contribution in [0.25, 0.3) is 26.7 Å². The number of alkyl halides is 3. The topological polar surface area (TPSA) is 52.0 Å². The number of aromatic nitrogens is 2. The van der Waals surface area contributed by atoms with E-state index in [9.17, 15) is 21.6 Å². The van der Waals surface area contributed by atoms with Gasteiger partial charge < -0.3 is 0 Å². The van der Waals surface area contributed by atoms with Crippen molar-refractivity contribution in [2.45, 2.75) is 11.1 Å². The number of sulfone groups is 1. The summed E-state index contributed by atoms with van der Waals surface area (Å²) in [4.78, 5) is 1.41. The van der Waals surface area contributed by atoms with Gasteiger partial charge in [0.15, 0.2) is 15.5 Å². The van der Waals surface area contributed by atoms with E-state index in [1.807, 2.05) is 0 Å². The van der Waals surface area contributed by atoms with Gasteiger partial charge in [0.2, 0.25) is 0 Å². The molecule has 4 rings (SSSR count). The molecule has 31 heavy (non-hydrogen) atoms. The monoisotopic (exact) mass is 482 g/mol. The van der Waals surface area contributed by atoms with E-state index >= 15 is 0 Å². The molecular weight excluding hydrogens is 469 g/mol. The highest BCUT2D eigenvalue weighted by atomic mass is 35.5. The van der Waals surface area contributed by atoms with Gasteiger partial charge in [0.25, 0.3) is 0 Å². The van der Waals surface area contributed by atoms with Crippen LogP contribution in [-0.4, -0.2) is 24.5 Å². The Kier molecular flexibility index (Phi) is 5.45. The zero-order valence-electron chi connectivity index (χ0n) is 15.9. The molecule has 0 atom stereocenters. The molecule has 0 saturated carbocycles. The predicted octanol–water partition coefficient (Wildman–Crippen LogP) is 6.34. The van der Waals surface area contributed by atoms with Crippen molar-refractivity contribution in [3.05, 3.63) is 77.4 Å². The second-order valence-corrected chi connectivity index (χ2v) is 10.2. The highest BCUT2D eigenvalue weighted by Gasteiger charge is 2.35. The molecule has 2 aromatic heterocycles. The number of hydrogen-bond acceptors (Lipinski definition) is 4. The summed E-state index contributed by atoms with van der Waals surface area (Å²) in [7, 11) is -3.39. The van der Waals surface area contributed by atoms with Gasteiger partial charge in [-0.3, -0.25) is 0 Å². The van der Waals surface area contributed by atoms with E-state index in [-0.39, 0.29) is 15.6 Å². The SMILES string of the molecule is CS(=O)(=O)c1cccc(-c2ccc(-c3cc(C(F)(F)F)nn3-c3ccccc3Cl)s2)c1. The van der Waals surface area contributed by atoms with Crippen LogP contribution >= 0.6 is 22.9 Å². The Morgan fingerprint density at radius 2 is 1.68 bits per heavy atom. The van der Waals surface area contributed by atoms with Gasteiger partial charge in [0.1, 0.15) is 0 Å². The Morgan fingerprint density at radius 1 is 0.968 bits per heavy atom. The number of benzene rings is 2. The van der Waals surface area contributed by atoms with Gasteiger partial charge in [0, 0.05) is 11.1 Å². The van der Waals surface area contributed by atoms with Crippen molar-refractivity contribution in [2.75, 3.05) is 6.26 Å². The lowest BCUT2D eigenvalue weighted by atomic mass is 10.2. The normalized spacial score (nSPS) is 12.3. The minimum Gasteiger partial charge on any atom is -0.230 e. The summed E-state index contributed by atoms with van der Waals surface area (Å²) in [6.07, 6.45) is -3.50. The molecule has 4 nitrogen and oxygen atoms in total. The van der Waals surface area contributed by atoms with E-state index in [2.05, 4.69) is 5.10 Å². The van der Waals surface area contributed by atoms with Gasteiger partial charge in [-0.05, 0) is 48.0 Å². The van der Waals surface area contributed by atoms with Crippen molar-refractivity contribution >= 4 is 32.8 Å². The molecule has 0 saturated heterocycles. The molecule has 0 fully saturated rings. The smallest absolute Gasteiger partial charge is 0.230 e. The third-order valence-corrected chi connectivity index (χ3v) is 7.07. The van der Waals surface area contributed by atoms with Gasteiger partial charge >= 0.3 is 6.18 Å². The van der Waals surface area contributed by atoms with Crippen LogP contribution in [-0.2, 0) is 16.0 Å². The largest absolute Gasteiger partial charge is 0.435 e. The van der Waals surface area contributed by atoms with E-state index in [0.29, 0.717) is 21.0 Å². The first-order valence-corrected chi connectivity index (χ1v) is 12.0. The lowest BCUT2D eigenvalue weighted by Crippen LogP contribution is -2.07. The highest BCUT2D eigenvalue weighted by molar-refractivity contribution is 7.90. The van der Waals surface area contributed by atoms with Crippen LogP contribution in [0.5, 0.6) is 0 Å². The maximum Gasteiger partial charge on any atom is 0.435 e. The van der Waals surface area contributed by atoms with E-state index in [1.165, 1.54) is 28.2 Å². The number of para-hydroxylation sites is 1. The summed E-state index contributed by atoms with van der Waals surface area (Å²) < 4.78 is 65.0. The fourth-order valence-corrected chi connectivity index (χ4v) is 4.90. The van der Waals surface area contributed by atoms with Crippen molar-refractivity contribution in [1.29, 1.82) is 0 Å². The molecule has 10 heteroatoms. The summed E-state index contributed by atoms with van der Waals surface area (Å²) >= 11 is 7.44. The van der Waals surface area contributed by atoms with E-state index < -0.39 is 21.7 Å². The van der Waals surface area contributed by atoms with Crippen molar-refractivity contribution in [2.24, 2.45) is 0 Å². The summed E-state index contributed by atoms with van der Waals surface area (Å²) in [6, 6.07) is 17.3. The summed E-state index contributed by atoms with van der Waals surface area (Å²) in [5.41, 5.74) is 0.176. The van der Waals surface area contributed by atoms with Crippen LogP contribution in [0.15, 0.2) is 71.6 Å². The summed E-state index contributed by atoms with van der Waals surface area (Å²) in [5, 5.41) is 4.01. The van der Waals surface area contributed by atoms with Crippen LogP contribution < -0.4 is 0 Å². The second kappa shape index (κ2) is 7.81. The molecule has 0 bridgehead atoms. The van der Waals surface area contributed by atoms with Gasteiger partial charge in [-0.1, -0.05) is 35.9 Å². The lowest BCUT2D eigenvalue weighted by molar-refractivity contribution is -0.141. The van der Waals surface area contributed by atoms with Gasteiger partial charge in [0.05, 0.1) is 26.2 Å². The molecule has 0 spiro atoms. The van der Waals surface area contributed by atoms with Crippen molar-refractivity contribution in [3.8, 4) is 26.7 Å². The third-order valence-electron chi connectivity index (χ3n) is 4.49. The van der Waals surface area contributed by atoms with Crippen LogP contribution in [0.3, 0.4) is 0 Å². The van der Waals surface area contributed by atoms with Crippen LogP contribution in [0.4, 0.5) is 13.2 Å². The molecule has 0 aliphatic carbocycles. The quantitative estimate of drug-likeness (QED) is 0.341. The molecule has 0 aliphatic heterocycles. The molecule has 160 valence electrons. The zero-order chi connectivity index (χ0) is 22.4. The molecule has 0 radical (unpaired) electrons. The fourth-order valence-electron chi connectivity index (χ4n) is 3.01. The van der Waals surface area contributed by atoms with Gasteiger partial charge in [-0.2, -0.15) is 18.3 Å². The molecule has 0 N–H and O–H groups in total. The highest BCUT2D eigenvalue weighted by Crippen LogP contribution is 2.39. The van der Waals surface area contributed by atoms with Gasteiger partial charge in [-0.15, -0.1) is 11.3 Å². The number of nitrogens with zero attached hydrogens (tertiary/aromatic N) is 2. The predicted molar refractivity (Wildman–Crippen MR) is 115 cm³/mol. The Balaban J connectivity index is 1.84. The van der Waals surface area contributed by atoms with E-state index in [0.717, 1.165) is 12.3 Å². The van der Waals surface area contributed by atoms with Crippen molar-refractivity contribution < 1.29 is 21.6 Å². The minimum absolute atomic E-state index is 0.167. The molecule has 2 heterocycles. The van der Waals surface area contributed by atoms with Crippen molar-refractivity contribution in [1.82, 2.24) is 9.78 Å². The second-order valence-electron chi connectivity index (χ2n) is 6.74. The first-order chi connectivity index (χ1) is 14.5. The number of hydrogen-bond donors (Lipinski definition) is 0. The molecule has 0 unspecified atom stereocenters. The lowest BCUT2D eigenvalue weighted by Gasteiger charge is -2.08. The standard InChI is InChI=1S/C21H14ClF3N2O2S2/c1-31(28,29)14-6-4-5-13(11-14)18-9-10-19(30-18)17-12-20(21(23,24)25)26-27(17)16-8-3-2-7-15(16)22/h2-12H,1H3. The zero-order valence-corrected chi connectivity index (χ0v) is 18.3. The molecule has 2 aromatic carbocycles. The third kappa shape index (κ3) is 4.39. The van der Waals surface area contributed by atoms with Crippen LogP contribution in [0, 0.1) is 0 Å². The Bertz CT molecular complexity index is 1380. The number of thiophene rings is 1. The fraction of sp³-hybridized carbons (Fsp3) is 0.0952. The first kappa shape index (κ1) is 21.6. The van der Waals surface area contributed by atoms with E-state index in [1.54, 1.807) is 48.5 Å². The summed E-state index contributed by atoms with van der Waals surface area (Å²) in [5.74, 6) is 0. The number of halogens is 4. The molecule has 0 amide bonds. The Labute approximate surface area is 185 Å². The summed E-state index contributed by atoms with van der Waals surface area (Å²) in [6.45, 7) is 0. The minimum atomic E-state index is -4.62. The Morgan fingerprint density at radius 3 is 2.35 bits per heavy atom. The maximum absolute atomic E-state index is 13.4. The van der Waals surface area contributed by atoms with Crippen molar-refractivity contribution in [3.63, 3.8) is 0 Å². The van der Waals surface area contributed by atoms with Crippen LogP contribution in [0.2, 0.25) is 5.02 Å². The van der Waals surface area contributed by atoms with E-state index in [4.69, 9.17) is 11.6 Å². The average molecular weight is 483 g/mol. The number of rotatable bonds is 4. The maximum atomic E-state index is 13.4.